The number of anilines is 1. The Bertz CT molecular complexity index is 2400. The third-order valence-electron chi connectivity index (χ3n) is 10.2. The van der Waals surface area contributed by atoms with Crippen molar-refractivity contribution in [2.75, 3.05) is 19.0 Å². The van der Waals surface area contributed by atoms with Crippen LogP contribution in [0.3, 0.4) is 0 Å². The molecule has 0 unspecified atom stereocenters. The number of carbonyl (C=O) groups excluding carboxylic acids is 1. The number of benzene rings is 2. The normalized spacial score (nSPS) is 20.4. The molecule has 0 spiro atoms. The van der Waals surface area contributed by atoms with Gasteiger partial charge in [-0.15, -0.1) is 21.5 Å². The van der Waals surface area contributed by atoms with Crippen LogP contribution in [0, 0.1) is 18.6 Å². The Morgan fingerprint density at radius 1 is 1.04 bits per heavy atom. The van der Waals surface area contributed by atoms with Gasteiger partial charge < -0.3 is 19.4 Å². The molecule has 1 aliphatic carbocycles. The Morgan fingerprint density at radius 2 is 1.87 bits per heavy atom. The fourth-order valence-electron chi connectivity index (χ4n) is 7.87. The van der Waals surface area contributed by atoms with E-state index in [0.717, 1.165) is 29.9 Å². The topological polar surface area (TPSA) is 106 Å². The van der Waals surface area contributed by atoms with Crippen molar-refractivity contribution in [3.8, 4) is 27.6 Å². The van der Waals surface area contributed by atoms with Crippen molar-refractivity contribution in [1.82, 2.24) is 25.1 Å². The number of ether oxygens (including phenoxy) is 1. The number of rotatable bonds is 8. The van der Waals surface area contributed by atoms with Crippen molar-refractivity contribution < 1.29 is 31.5 Å². The summed E-state index contributed by atoms with van der Waals surface area (Å²) in [5.74, 6) is -0.701. The van der Waals surface area contributed by atoms with Gasteiger partial charge in [-0.05, 0) is 72.5 Å². The summed E-state index contributed by atoms with van der Waals surface area (Å²) < 4.78 is 71.0. The van der Waals surface area contributed by atoms with E-state index in [0.29, 0.717) is 68.8 Å². The lowest BCUT2D eigenvalue weighted by Gasteiger charge is -2.18. The van der Waals surface area contributed by atoms with E-state index in [4.69, 9.17) is 14.1 Å². The molecule has 52 heavy (non-hydrogen) atoms. The number of aromatic nitrogens is 4. The van der Waals surface area contributed by atoms with Crippen LogP contribution in [0.2, 0.25) is 0 Å². The second-order valence-electron chi connectivity index (χ2n) is 13.2. The molecule has 1 fully saturated rings. The maximum atomic E-state index is 15.7. The summed E-state index contributed by atoms with van der Waals surface area (Å²) in [4.78, 5) is 26.4. The first-order valence-electron chi connectivity index (χ1n) is 16.9. The smallest absolute Gasteiger partial charge is 0.257 e. The molecule has 1 N–H and O–H groups in total. The highest BCUT2D eigenvalue weighted by molar-refractivity contribution is 7.23. The van der Waals surface area contributed by atoms with Gasteiger partial charge in [0.25, 0.3) is 5.91 Å². The zero-order valence-electron chi connectivity index (χ0n) is 27.9. The highest BCUT2D eigenvalue weighted by atomic mass is 32.1. The summed E-state index contributed by atoms with van der Waals surface area (Å²) in [5, 5.41) is 12.3. The molecule has 6 heterocycles. The largest absolute Gasteiger partial charge is 0.493 e. The van der Waals surface area contributed by atoms with Gasteiger partial charge in [-0.2, -0.15) is 0 Å². The van der Waals surface area contributed by atoms with Crippen LogP contribution < -0.4 is 10.1 Å². The summed E-state index contributed by atoms with van der Waals surface area (Å²) >= 11 is 1.33. The number of aryl methyl sites for hydroxylation is 3. The molecule has 3 aliphatic rings. The number of hydrogen-bond acceptors (Lipinski definition) is 9. The Labute approximate surface area is 298 Å². The predicted molar refractivity (Wildman–Crippen MR) is 186 cm³/mol. The fourth-order valence-corrected chi connectivity index (χ4v) is 9.03. The predicted octanol–water partition coefficient (Wildman–Crippen LogP) is 8.59. The van der Waals surface area contributed by atoms with Crippen LogP contribution in [0.5, 0.6) is 5.75 Å². The third kappa shape index (κ3) is 5.06. The standard InChI is InChI=1S/C38H30F4N6O3S/c1-17-46-47-37(51-17)27-23(12-7-18-5-8-20(39)9-6-18)44-33-24-4-3-15-48(24)38(49)29(33)28(27)25-16-19-13-14-43-36(35(19)52-25)45-32-21-10-11-22(40)34(50-2)26(21)30(41)31(32)42/h5-6,8-11,13-14,16,24,30-32H,3-4,7,12,15H2,1-2H3,(H,43,45)/t24-,30-,31+,32+/m1/s1. The first kappa shape index (κ1) is 32.5. The molecule has 4 aromatic heterocycles. The summed E-state index contributed by atoms with van der Waals surface area (Å²) in [5.41, 5.74) is 3.96. The lowest BCUT2D eigenvalue weighted by molar-refractivity contribution is 0.0776. The second kappa shape index (κ2) is 12.4. The summed E-state index contributed by atoms with van der Waals surface area (Å²) in [7, 11) is 1.22. The molecule has 1 amide bonds. The van der Waals surface area contributed by atoms with Gasteiger partial charge >= 0.3 is 0 Å². The highest BCUT2D eigenvalue weighted by Gasteiger charge is 2.46. The van der Waals surface area contributed by atoms with Gasteiger partial charge in [0, 0.05) is 35.7 Å². The molecular weight excluding hydrogens is 697 g/mol. The highest BCUT2D eigenvalue weighted by Crippen LogP contribution is 2.52. The van der Waals surface area contributed by atoms with Crippen molar-refractivity contribution in [3.05, 3.63) is 106 Å². The van der Waals surface area contributed by atoms with Gasteiger partial charge in [0.1, 0.15) is 11.6 Å². The van der Waals surface area contributed by atoms with Crippen LogP contribution in [0.25, 0.3) is 32.0 Å². The van der Waals surface area contributed by atoms with Gasteiger partial charge in [-0.25, -0.2) is 22.5 Å². The summed E-state index contributed by atoms with van der Waals surface area (Å²) in [6.07, 6.45) is 0.0502. The van der Waals surface area contributed by atoms with Gasteiger partial charge in [-0.1, -0.05) is 18.2 Å². The van der Waals surface area contributed by atoms with Gasteiger partial charge in [0.2, 0.25) is 11.8 Å². The van der Waals surface area contributed by atoms with Crippen LogP contribution in [0.15, 0.2) is 59.1 Å². The zero-order chi connectivity index (χ0) is 35.8. The molecule has 264 valence electrons. The molecule has 2 aliphatic heterocycles. The number of alkyl halides is 2. The maximum absolute atomic E-state index is 15.7. The average Bonchev–Trinajstić information content (AvgIpc) is 3.97. The first-order valence-corrected chi connectivity index (χ1v) is 17.8. The minimum atomic E-state index is -2.11. The van der Waals surface area contributed by atoms with Crippen LogP contribution in [-0.4, -0.2) is 50.8 Å². The molecule has 0 saturated carbocycles. The average molecular weight is 727 g/mol. The van der Waals surface area contributed by atoms with E-state index < -0.39 is 24.2 Å². The number of fused-ring (bicyclic) bond motifs is 5. The van der Waals surface area contributed by atoms with Gasteiger partial charge in [0.15, 0.2) is 23.9 Å². The first-order chi connectivity index (χ1) is 25.2. The van der Waals surface area contributed by atoms with Crippen molar-refractivity contribution in [2.45, 2.75) is 57.0 Å². The lowest BCUT2D eigenvalue weighted by Crippen LogP contribution is -2.22. The molecule has 0 bridgehead atoms. The number of methoxy groups -OCH3 is 1. The minimum absolute atomic E-state index is 0.130. The number of halogens is 4. The molecule has 6 aromatic rings. The van der Waals surface area contributed by atoms with E-state index in [-0.39, 0.29) is 40.5 Å². The molecule has 0 radical (unpaired) electrons. The number of thiophene rings is 1. The van der Waals surface area contributed by atoms with E-state index in [1.54, 1.807) is 31.3 Å². The van der Waals surface area contributed by atoms with Crippen LogP contribution >= 0.6 is 11.3 Å². The number of pyridine rings is 2. The van der Waals surface area contributed by atoms with Crippen LogP contribution in [0.4, 0.5) is 23.4 Å². The minimum Gasteiger partial charge on any atom is -0.493 e. The van der Waals surface area contributed by atoms with E-state index in [2.05, 4.69) is 20.5 Å². The molecule has 2 aromatic carbocycles. The van der Waals surface area contributed by atoms with E-state index >= 15 is 8.78 Å². The van der Waals surface area contributed by atoms with E-state index in [1.807, 2.05) is 11.0 Å². The van der Waals surface area contributed by atoms with Gasteiger partial charge in [0.05, 0.1) is 46.4 Å². The van der Waals surface area contributed by atoms with Crippen LogP contribution in [-0.2, 0) is 12.8 Å². The van der Waals surface area contributed by atoms with Crippen molar-refractivity contribution in [2.24, 2.45) is 0 Å². The number of nitrogens with zero attached hydrogens (tertiary/aromatic N) is 5. The summed E-state index contributed by atoms with van der Waals surface area (Å²) in [6, 6.07) is 11.2. The van der Waals surface area contributed by atoms with Crippen molar-refractivity contribution in [3.63, 3.8) is 0 Å². The van der Waals surface area contributed by atoms with Crippen molar-refractivity contribution >= 4 is 33.1 Å². The number of nitrogens with one attached hydrogen (secondary N) is 1. The third-order valence-corrected chi connectivity index (χ3v) is 11.4. The Balaban J connectivity index is 1.20. The van der Waals surface area contributed by atoms with E-state index in [1.165, 1.54) is 36.6 Å². The quantitative estimate of drug-likeness (QED) is 0.156. The zero-order valence-corrected chi connectivity index (χ0v) is 28.7. The Hall–Kier alpha value is -5.37. The Morgan fingerprint density at radius 3 is 2.63 bits per heavy atom. The van der Waals surface area contributed by atoms with Gasteiger partial charge in [-0.3, -0.25) is 9.78 Å². The molecule has 14 heteroatoms. The molecular formula is C38H30F4N6O3S. The number of carbonyl (C=O) groups is 1. The number of hydrogen-bond donors (Lipinski definition) is 1. The second-order valence-corrected chi connectivity index (χ2v) is 14.3. The Kier molecular flexibility index (Phi) is 7.75. The van der Waals surface area contributed by atoms with E-state index in [9.17, 15) is 13.6 Å². The number of amides is 1. The lowest BCUT2D eigenvalue weighted by atomic mass is 9.93. The maximum Gasteiger partial charge on any atom is 0.257 e. The fraction of sp³-hybridized carbons (Fsp3) is 0.289. The summed E-state index contributed by atoms with van der Waals surface area (Å²) in [6.45, 7) is 2.30. The SMILES string of the molecule is COc1c(F)ccc2c1[C@@H](F)[C@H](F)[C@H]2Nc1nccc2cc(-c3c4c(nc(CCc5ccc(F)cc5)c3-c3nnc(C)o3)[C@H]3CCCN3C4=O)sc12. The van der Waals surface area contributed by atoms with Crippen molar-refractivity contribution in [1.29, 1.82) is 0 Å². The molecule has 1 saturated heterocycles. The monoisotopic (exact) mass is 726 g/mol. The van der Waals surface area contributed by atoms with Crippen LogP contribution in [0.1, 0.15) is 75.4 Å². The molecule has 9 nitrogen and oxygen atoms in total. The molecule has 4 atom stereocenters. The molecule has 9 rings (SSSR count).